The Morgan fingerprint density at radius 2 is 2.00 bits per heavy atom. The number of nitrogens with one attached hydrogen (secondary N) is 2. The van der Waals surface area contributed by atoms with Gasteiger partial charge in [0.05, 0.1) is 12.5 Å². The Morgan fingerprint density at radius 1 is 1.31 bits per heavy atom. The van der Waals surface area contributed by atoms with Crippen molar-refractivity contribution in [2.45, 2.75) is 44.3 Å². The van der Waals surface area contributed by atoms with Crippen molar-refractivity contribution >= 4 is 29.8 Å². The van der Waals surface area contributed by atoms with Crippen LogP contribution in [-0.2, 0) is 19.2 Å². The van der Waals surface area contributed by atoms with E-state index in [0.717, 1.165) is 5.69 Å². The largest absolute Gasteiger partial charge is 0.481 e. The van der Waals surface area contributed by atoms with Crippen molar-refractivity contribution in [2.75, 3.05) is 11.9 Å². The van der Waals surface area contributed by atoms with Gasteiger partial charge in [0.15, 0.2) is 0 Å². The lowest BCUT2D eigenvalue weighted by Crippen LogP contribution is -2.52. The minimum atomic E-state index is -1.18. The minimum Gasteiger partial charge on any atom is -0.481 e. The second-order valence-electron chi connectivity index (χ2n) is 6.27. The fraction of sp³-hybridized carbons (Fsp3) is 0.444. The van der Waals surface area contributed by atoms with Gasteiger partial charge in [0.25, 0.3) is 0 Å². The van der Waals surface area contributed by atoms with E-state index in [1.165, 1.54) is 4.90 Å². The van der Waals surface area contributed by atoms with Crippen molar-refractivity contribution in [1.29, 1.82) is 0 Å². The van der Waals surface area contributed by atoms with Gasteiger partial charge in [0.1, 0.15) is 18.4 Å². The number of carboxylic acids is 1. The molecule has 1 aromatic carbocycles. The highest BCUT2D eigenvalue weighted by Crippen LogP contribution is 2.20. The molecule has 140 valence electrons. The maximum absolute atomic E-state index is 12.7. The highest BCUT2D eigenvalue weighted by Gasteiger charge is 2.36. The van der Waals surface area contributed by atoms with Gasteiger partial charge in [-0.25, -0.2) is 0 Å². The number of aldehydes is 1. The lowest BCUT2D eigenvalue weighted by atomic mass is 10.1. The van der Waals surface area contributed by atoms with E-state index >= 15 is 0 Å². The summed E-state index contributed by atoms with van der Waals surface area (Å²) in [6.07, 6.45) is 1.06. The van der Waals surface area contributed by atoms with Gasteiger partial charge in [-0.15, -0.1) is 0 Å². The third-order valence-electron chi connectivity index (χ3n) is 4.25. The molecule has 1 fully saturated rings. The molecule has 1 saturated heterocycles. The second kappa shape index (κ2) is 8.98. The van der Waals surface area contributed by atoms with Gasteiger partial charge in [-0.1, -0.05) is 18.2 Å². The van der Waals surface area contributed by atoms with Crippen LogP contribution >= 0.6 is 0 Å². The number of benzene rings is 1. The summed E-state index contributed by atoms with van der Waals surface area (Å²) >= 11 is 0. The van der Waals surface area contributed by atoms with E-state index in [9.17, 15) is 19.2 Å². The van der Waals surface area contributed by atoms with Crippen LogP contribution in [0, 0.1) is 0 Å². The summed E-state index contributed by atoms with van der Waals surface area (Å²) in [5.41, 5.74) is 0.802. The number of para-hydroxylation sites is 1. The zero-order chi connectivity index (χ0) is 19.1. The molecule has 1 aliphatic heterocycles. The summed E-state index contributed by atoms with van der Waals surface area (Å²) in [4.78, 5) is 48.3. The number of carbonyl (C=O) groups is 4. The van der Waals surface area contributed by atoms with E-state index in [2.05, 4.69) is 10.6 Å². The van der Waals surface area contributed by atoms with Crippen LogP contribution in [0.5, 0.6) is 0 Å². The number of rotatable bonds is 8. The van der Waals surface area contributed by atoms with Crippen molar-refractivity contribution < 1.29 is 24.3 Å². The SMILES string of the molecule is C[C@H](Nc1ccccc1)C(=O)N1CCC[C@H]1C(=O)N[C@H](C=O)CC(=O)O. The molecule has 0 radical (unpaired) electrons. The predicted molar refractivity (Wildman–Crippen MR) is 94.5 cm³/mol. The van der Waals surface area contributed by atoms with Gasteiger partial charge in [-0.3, -0.25) is 14.4 Å². The molecule has 1 heterocycles. The Balaban J connectivity index is 1.99. The first kappa shape index (κ1) is 19.4. The number of anilines is 1. The summed E-state index contributed by atoms with van der Waals surface area (Å²) < 4.78 is 0. The molecule has 26 heavy (non-hydrogen) atoms. The van der Waals surface area contributed by atoms with Crippen LogP contribution in [0.3, 0.4) is 0 Å². The molecule has 0 saturated carbocycles. The number of aliphatic carboxylic acids is 1. The lowest BCUT2D eigenvalue weighted by Gasteiger charge is -2.28. The molecule has 8 nitrogen and oxygen atoms in total. The number of hydrogen-bond acceptors (Lipinski definition) is 5. The summed E-state index contributed by atoms with van der Waals surface area (Å²) in [5, 5.41) is 14.3. The number of hydrogen-bond donors (Lipinski definition) is 3. The molecule has 1 aromatic rings. The number of carboxylic acid groups (broad SMARTS) is 1. The van der Waals surface area contributed by atoms with Gasteiger partial charge >= 0.3 is 5.97 Å². The fourth-order valence-corrected chi connectivity index (χ4v) is 3.00. The van der Waals surface area contributed by atoms with E-state index in [0.29, 0.717) is 25.7 Å². The van der Waals surface area contributed by atoms with Crippen LogP contribution in [0.15, 0.2) is 30.3 Å². The van der Waals surface area contributed by atoms with E-state index in [-0.39, 0.29) is 5.91 Å². The van der Waals surface area contributed by atoms with Crippen LogP contribution in [0.4, 0.5) is 5.69 Å². The van der Waals surface area contributed by atoms with E-state index in [1.54, 1.807) is 6.92 Å². The smallest absolute Gasteiger partial charge is 0.305 e. The number of carbonyl (C=O) groups excluding carboxylic acids is 3. The van der Waals surface area contributed by atoms with Crippen LogP contribution in [0.25, 0.3) is 0 Å². The fourth-order valence-electron chi connectivity index (χ4n) is 3.00. The monoisotopic (exact) mass is 361 g/mol. The third kappa shape index (κ3) is 5.05. The highest BCUT2D eigenvalue weighted by atomic mass is 16.4. The summed E-state index contributed by atoms with van der Waals surface area (Å²) in [6.45, 7) is 2.17. The van der Waals surface area contributed by atoms with Crippen molar-refractivity contribution in [3.63, 3.8) is 0 Å². The normalized spacial score (nSPS) is 18.7. The van der Waals surface area contributed by atoms with Crippen LogP contribution in [-0.4, -0.2) is 58.7 Å². The maximum Gasteiger partial charge on any atom is 0.305 e. The summed E-state index contributed by atoms with van der Waals surface area (Å²) in [7, 11) is 0. The van der Waals surface area contributed by atoms with Crippen LogP contribution in [0.1, 0.15) is 26.2 Å². The quantitative estimate of drug-likeness (QED) is 0.585. The Kier molecular flexibility index (Phi) is 6.71. The standard InChI is InChI=1S/C18H23N3O5/c1-12(19-13-6-3-2-4-7-13)18(26)21-9-5-8-15(21)17(25)20-14(11-22)10-16(23)24/h2-4,6-7,11-12,14-15,19H,5,8-10H2,1H3,(H,20,25)(H,23,24)/t12-,14-,15-/m0/s1. The lowest BCUT2D eigenvalue weighted by molar-refractivity contribution is -0.141. The Morgan fingerprint density at radius 3 is 2.62 bits per heavy atom. The second-order valence-corrected chi connectivity index (χ2v) is 6.27. The molecule has 3 N–H and O–H groups in total. The van der Waals surface area contributed by atoms with E-state index in [1.807, 2.05) is 30.3 Å². The average molecular weight is 361 g/mol. The number of likely N-dealkylation sites (tertiary alicyclic amines) is 1. The molecule has 3 atom stereocenters. The molecule has 8 heteroatoms. The zero-order valence-corrected chi connectivity index (χ0v) is 14.6. The predicted octanol–water partition coefficient (Wildman–Crippen LogP) is 0.636. The first-order valence-electron chi connectivity index (χ1n) is 8.52. The third-order valence-corrected chi connectivity index (χ3v) is 4.25. The average Bonchev–Trinajstić information content (AvgIpc) is 3.10. The van der Waals surface area contributed by atoms with Crippen molar-refractivity contribution in [3.8, 4) is 0 Å². The summed E-state index contributed by atoms with van der Waals surface area (Å²) in [6, 6.07) is 6.96. The topological polar surface area (TPSA) is 116 Å². The Labute approximate surface area is 151 Å². The van der Waals surface area contributed by atoms with Gasteiger partial charge in [-0.05, 0) is 31.9 Å². The van der Waals surface area contributed by atoms with Gasteiger partial charge < -0.3 is 25.4 Å². The number of amides is 2. The van der Waals surface area contributed by atoms with Crippen LogP contribution in [0.2, 0.25) is 0 Å². The van der Waals surface area contributed by atoms with Crippen molar-refractivity contribution in [1.82, 2.24) is 10.2 Å². The molecule has 0 unspecified atom stereocenters. The zero-order valence-electron chi connectivity index (χ0n) is 14.6. The molecular weight excluding hydrogens is 338 g/mol. The first-order valence-corrected chi connectivity index (χ1v) is 8.52. The van der Waals surface area contributed by atoms with Gasteiger partial charge in [0, 0.05) is 12.2 Å². The minimum absolute atomic E-state index is 0.215. The van der Waals surface area contributed by atoms with Gasteiger partial charge in [0.2, 0.25) is 11.8 Å². The molecule has 0 spiro atoms. The molecule has 0 aromatic heterocycles. The van der Waals surface area contributed by atoms with E-state index < -0.39 is 36.4 Å². The van der Waals surface area contributed by atoms with Crippen molar-refractivity contribution in [2.24, 2.45) is 0 Å². The molecule has 1 aliphatic rings. The summed E-state index contributed by atoms with van der Waals surface area (Å²) in [5.74, 6) is -1.89. The molecule has 0 aliphatic carbocycles. The Hall–Kier alpha value is -2.90. The highest BCUT2D eigenvalue weighted by molar-refractivity contribution is 5.92. The van der Waals surface area contributed by atoms with Crippen LogP contribution < -0.4 is 10.6 Å². The maximum atomic E-state index is 12.7. The molecular formula is C18H23N3O5. The molecule has 2 rings (SSSR count). The molecule has 2 amide bonds. The van der Waals surface area contributed by atoms with Crippen molar-refractivity contribution in [3.05, 3.63) is 30.3 Å². The van der Waals surface area contributed by atoms with Gasteiger partial charge in [-0.2, -0.15) is 0 Å². The Bertz CT molecular complexity index is 664. The first-order chi connectivity index (χ1) is 12.4. The van der Waals surface area contributed by atoms with E-state index in [4.69, 9.17) is 5.11 Å². The number of nitrogens with zero attached hydrogens (tertiary/aromatic N) is 1. The molecule has 0 bridgehead atoms.